The van der Waals surface area contributed by atoms with Crippen molar-refractivity contribution in [3.8, 4) is 11.3 Å². The topological polar surface area (TPSA) is 50.4 Å². The number of aryl methyl sites for hydroxylation is 2. The quantitative estimate of drug-likeness (QED) is 0.311. The predicted octanol–water partition coefficient (Wildman–Crippen LogP) is 7.31. The van der Waals surface area contributed by atoms with Crippen LogP contribution >= 0.6 is 11.8 Å². The molecule has 0 spiro atoms. The summed E-state index contributed by atoms with van der Waals surface area (Å²) < 4.78 is 4.98. The molecule has 5 nitrogen and oxygen atoms in total. The predicted molar refractivity (Wildman–Crippen MR) is 153 cm³/mol. The van der Waals surface area contributed by atoms with Crippen molar-refractivity contribution in [1.29, 1.82) is 0 Å². The van der Waals surface area contributed by atoms with Crippen molar-refractivity contribution >= 4 is 39.5 Å². The average Bonchev–Trinajstić information content (AvgIpc) is 3.57. The van der Waals surface area contributed by atoms with Crippen molar-refractivity contribution in [1.82, 2.24) is 14.0 Å². The molecule has 3 aliphatic rings. The van der Waals surface area contributed by atoms with Gasteiger partial charge in [0.1, 0.15) is 0 Å². The summed E-state index contributed by atoms with van der Waals surface area (Å²) in [5.74, 6) is 0.898. The first-order valence-electron chi connectivity index (χ1n) is 14.0. The van der Waals surface area contributed by atoms with Gasteiger partial charge in [-0.15, -0.1) is 11.8 Å². The number of aromatic nitrogens is 2. The van der Waals surface area contributed by atoms with Crippen LogP contribution in [0.3, 0.4) is 0 Å². The van der Waals surface area contributed by atoms with Gasteiger partial charge in [0.2, 0.25) is 0 Å². The molecule has 1 aliphatic carbocycles. The smallest absolute Gasteiger partial charge is 0.335 e. The maximum Gasteiger partial charge on any atom is 0.335 e. The number of nitrogens with zero attached hydrogens (tertiary/aromatic N) is 3. The minimum atomic E-state index is -0.850. The number of para-hydroxylation sites is 1. The SMILES string of the molecule is CC1SCCN1Cc1cn2c3c(cccc13)-c1c(C3CCCCC3)c3ccc(C(=O)O)cc3n1CCC2. The van der Waals surface area contributed by atoms with Gasteiger partial charge in [-0.05, 0) is 55.4 Å². The molecular formula is C31H35N3O2S. The number of fused-ring (bicyclic) bond motifs is 4. The van der Waals surface area contributed by atoms with E-state index in [9.17, 15) is 9.90 Å². The molecule has 6 heteroatoms. The average molecular weight is 514 g/mol. The van der Waals surface area contributed by atoms with Gasteiger partial charge in [-0.3, -0.25) is 4.90 Å². The Morgan fingerprint density at radius 2 is 1.89 bits per heavy atom. The molecule has 1 saturated carbocycles. The van der Waals surface area contributed by atoms with Gasteiger partial charge in [0.25, 0.3) is 0 Å². The van der Waals surface area contributed by atoms with Crippen LogP contribution < -0.4 is 0 Å². The standard InChI is InChI=1S/C31H35N3O2S/c1-20-32(15-16-37-20)18-23-19-33-13-6-14-34-27-17-22(31(35)36)11-12-25(27)28(21-7-3-2-4-8-21)30(34)26-10-5-9-24(23)29(26)33/h5,9-12,17,19-21H,2-4,6-8,13-16,18H2,1H3,(H,35,36). The van der Waals surface area contributed by atoms with Crippen LogP contribution in [-0.4, -0.2) is 42.8 Å². The van der Waals surface area contributed by atoms with Crippen LogP contribution in [0, 0.1) is 0 Å². The lowest BCUT2D eigenvalue weighted by Gasteiger charge is -2.25. The second-order valence-corrected chi connectivity index (χ2v) is 12.6. The molecule has 37 heavy (non-hydrogen) atoms. The van der Waals surface area contributed by atoms with Crippen molar-refractivity contribution in [2.24, 2.45) is 0 Å². The number of aromatic carboxylic acids is 1. The summed E-state index contributed by atoms with van der Waals surface area (Å²) in [6, 6.07) is 12.7. The zero-order valence-corrected chi connectivity index (χ0v) is 22.4. The second-order valence-electron chi connectivity index (χ2n) is 11.1. The first kappa shape index (κ1) is 23.4. The van der Waals surface area contributed by atoms with Crippen molar-refractivity contribution in [3.05, 3.63) is 59.3 Å². The number of carboxylic acids is 1. The van der Waals surface area contributed by atoms with E-state index in [4.69, 9.17) is 0 Å². The minimum absolute atomic E-state index is 0.381. The molecule has 2 aromatic carbocycles. The number of carboxylic acid groups (broad SMARTS) is 1. The lowest BCUT2D eigenvalue weighted by atomic mass is 9.81. The fourth-order valence-electron chi connectivity index (χ4n) is 7.22. The summed E-state index contributed by atoms with van der Waals surface area (Å²) in [4.78, 5) is 14.5. The van der Waals surface area contributed by atoms with Crippen LogP contribution in [0.25, 0.3) is 33.1 Å². The maximum atomic E-state index is 11.9. The lowest BCUT2D eigenvalue weighted by Crippen LogP contribution is -2.25. The summed E-state index contributed by atoms with van der Waals surface area (Å²) >= 11 is 2.05. The van der Waals surface area contributed by atoms with Crippen LogP contribution in [0.15, 0.2) is 42.6 Å². The number of benzene rings is 2. The van der Waals surface area contributed by atoms with Gasteiger partial charge in [-0.25, -0.2) is 4.79 Å². The Morgan fingerprint density at radius 3 is 2.68 bits per heavy atom. The van der Waals surface area contributed by atoms with Crippen LogP contribution in [0.1, 0.15) is 72.9 Å². The first-order chi connectivity index (χ1) is 18.1. The highest BCUT2D eigenvalue weighted by Crippen LogP contribution is 2.47. The summed E-state index contributed by atoms with van der Waals surface area (Å²) in [6.45, 7) is 6.38. The number of rotatable bonds is 4. The molecule has 1 N–H and O–H groups in total. The highest BCUT2D eigenvalue weighted by Gasteiger charge is 2.30. The van der Waals surface area contributed by atoms with E-state index in [-0.39, 0.29) is 0 Å². The Labute approximate surface area is 222 Å². The van der Waals surface area contributed by atoms with E-state index in [0.29, 0.717) is 16.9 Å². The molecule has 1 saturated heterocycles. The molecule has 4 heterocycles. The van der Waals surface area contributed by atoms with E-state index in [2.05, 4.69) is 63.2 Å². The molecule has 2 aliphatic heterocycles. The Bertz CT molecular complexity index is 1510. The van der Waals surface area contributed by atoms with E-state index in [0.717, 1.165) is 38.1 Å². The van der Waals surface area contributed by atoms with Crippen molar-refractivity contribution in [2.45, 2.75) is 76.4 Å². The molecule has 1 unspecified atom stereocenters. The Morgan fingerprint density at radius 1 is 1.03 bits per heavy atom. The Balaban J connectivity index is 1.48. The third-order valence-corrected chi connectivity index (χ3v) is 10.2. The zero-order valence-electron chi connectivity index (χ0n) is 21.6. The number of thioether (sulfide) groups is 1. The van der Waals surface area contributed by atoms with E-state index in [1.165, 1.54) is 76.5 Å². The second kappa shape index (κ2) is 9.25. The molecule has 1 atom stereocenters. The molecular weight excluding hydrogens is 478 g/mol. The molecule has 4 aromatic rings. The summed E-state index contributed by atoms with van der Waals surface area (Å²) in [5.41, 5.74) is 8.38. The summed E-state index contributed by atoms with van der Waals surface area (Å²) in [7, 11) is 0. The largest absolute Gasteiger partial charge is 0.478 e. The van der Waals surface area contributed by atoms with Crippen LogP contribution in [-0.2, 0) is 19.6 Å². The lowest BCUT2D eigenvalue weighted by molar-refractivity contribution is 0.0697. The minimum Gasteiger partial charge on any atom is -0.478 e. The molecule has 2 fully saturated rings. The normalized spacial score (nSPS) is 20.8. The fraction of sp³-hybridized carbons (Fsp3) is 0.452. The van der Waals surface area contributed by atoms with Gasteiger partial charge in [-0.1, -0.05) is 43.5 Å². The number of hydrogen-bond donors (Lipinski definition) is 1. The Kier molecular flexibility index (Phi) is 5.85. The highest BCUT2D eigenvalue weighted by atomic mass is 32.2. The van der Waals surface area contributed by atoms with Crippen LogP contribution in [0.4, 0.5) is 0 Å². The van der Waals surface area contributed by atoms with Crippen LogP contribution in [0.2, 0.25) is 0 Å². The van der Waals surface area contributed by atoms with Gasteiger partial charge in [0.05, 0.1) is 22.1 Å². The third-order valence-electron chi connectivity index (χ3n) is 9.01. The van der Waals surface area contributed by atoms with Crippen molar-refractivity contribution in [2.75, 3.05) is 12.3 Å². The van der Waals surface area contributed by atoms with Gasteiger partial charge in [0.15, 0.2) is 0 Å². The fourth-order valence-corrected chi connectivity index (χ4v) is 8.29. The molecule has 192 valence electrons. The maximum absolute atomic E-state index is 11.9. The number of hydrogen-bond acceptors (Lipinski definition) is 3. The van der Waals surface area contributed by atoms with E-state index in [1.54, 1.807) is 6.07 Å². The van der Waals surface area contributed by atoms with Gasteiger partial charge < -0.3 is 14.2 Å². The van der Waals surface area contributed by atoms with Gasteiger partial charge in [0, 0.05) is 60.0 Å². The van der Waals surface area contributed by atoms with Crippen molar-refractivity contribution < 1.29 is 9.90 Å². The van der Waals surface area contributed by atoms with Crippen molar-refractivity contribution in [3.63, 3.8) is 0 Å². The first-order valence-corrected chi connectivity index (χ1v) is 15.0. The number of carbonyl (C=O) groups is 1. The molecule has 0 bridgehead atoms. The molecule has 2 aromatic heterocycles. The third kappa shape index (κ3) is 3.83. The highest BCUT2D eigenvalue weighted by molar-refractivity contribution is 8.00. The van der Waals surface area contributed by atoms with E-state index >= 15 is 0 Å². The van der Waals surface area contributed by atoms with E-state index in [1.807, 2.05) is 6.07 Å². The monoisotopic (exact) mass is 513 g/mol. The summed E-state index contributed by atoms with van der Waals surface area (Å²) in [5, 5.41) is 13.0. The summed E-state index contributed by atoms with van der Waals surface area (Å²) in [6.07, 6.45) is 9.78. The van der Waals surface area contributed by atoms with Crippen LogP contribution in [0.5, 0.6) is 0 Å². The van der Waals surface area contributed by atoms with Gasteiger partial charge >= 0.3 is 5.97 Å². The molecule has 0 amide bonds. The Hall–Kier alpha value is -2.70. The zero-order chi connectivity index (χ0) is 25.1. The van der Waals surface area contributed by atoms with E-state index < -0.39 is 5.97 Å². The molecule has 0 radical (unpaired) electrons. The van der Waals surface area contributed by atoms with Gasteiger partial charge in [-0.2, -0.15) is 0 Å². The molecule has 7 rings (SSSR count).